The number of ether oxygens (including phenoxy) is 1. The number of benzene rings is 3. The van der Waals surface area contributed by atoms with Crippen molar-refractivity contribution in [3.05, 3.63) is 72.3 Å². The molecule has 4 nitrogen and oxygen atoms in total. The van der Waals surface area contributed by atoms with Gasteiger partial charge in [0.05, 0.1) is 0 Å². The molecule has 3 aromatic carbocycles. The van der Waals surface area contributed by atoms with Crippen LogP contribution in [-0.4, -0.2) is 55.4 Å². The molecule has 1 N–H and O–H groups in total. The quantitative estimate of drug-likeness (QED) is 0.662. The van der Waals surface area contributed by atoms with Crippen LogP contribution in [0.3, 0.4) is 0 Å². The van der Waals surface area contributed by atoms with Crippen molar-refractivity contribution >= 4 is 16.5 Å². The van der Waals surface area contributed by atoms with Gasteiger partial charge >= 0.3 is 0 Å². The van der Waals surface area contributed by atoms with E-state index in [1.165, 1.54) is 16.6 Å². The standard InChI is InChI=1S/C25H30N2O2/c1-2-20-7-10-23(11-8-20)27-15-13-26(14-16-27)18-24(28)19-29-25-12-9-21-5-3-4-6-22(21)17-25/h3-12,17,24,28H,2,13-16,18-19H2,1H3/t24-/m1/s1. The molecule has 3 aromatic rings. The van der Waals surface area contributed by atoms with Gasteiger partial charge in [-0.3, -0.25) is 4.90 Å². The SMILES string of the molecule is CCc1ccc(N2CCN(C[C@@H](O)COc3ccc4ccccc4c3)CC2)cc1. The predicted molar refractivity (Wildman–Crippen MR) is 120 cm³/mol. The summed E-state index contributed by atoms with van der Waals surface area (Å²) in [6, 6.07) is 23.2. The molecular weight excluding hydrogens is 360 g/mol. The first-order valence-electron chi connectivity index (χ1n) is 10.6. The highest BCUT2D eigenvalue weighted by atomic mass is 16.5. The molecule has 152 valence electrons. The highest BCUT2D eigenvalue weighted by Crippen LogP contribution is 2.21. The van der Waals surface area contributed by atoms with Gasteiger partial charge in [-0.25, -0.2) is 0 Å². The lowest BCUT2D eigenvalue weighted by Gasteiger charge is -2.37. The summed E-state index contributed by atoms with van der Waals surface area (Å²) in [7, 11) is 0. The number of β-amino-alcohol motifs (C(OH)–C–C–N with tert-alkyl or cyclic N) is 1. The van der Waals surface area contributed by atoms with E-state index >= 15 is 0 Å². The zero-order valence-electron chi connectivity index (χ0n) is 17.1. The number of nitrogens with zero attached hydrogens (tertiary/aromatic N) is 2. The number of aryl methyl sites for hydroxylation is 1. The lowest BCUT2D eigenvalue weighted by atomic mass is 10.1. The zero-order chi connectivity index (χ0) is 20.1. The molecule has 0 spiro atoms. The van der Waals surface area contributed by atoms with E-state index in [2.05, 4.69) is 59.2 Å². The average molecular weight is 391 g/mol. The second kappa shape index (κ2) is 9.29. The molecule has 1 heterocycles. The summed E-state index contributed by atoms with van der Waals surface area (Å²) in [5, 5.41) is 12.8. The summed E-state index contributed by atoms with van der Waals surface area (Å²) in [6.45, 7) is 7.05. The van der Waals surface area contributed by atoms with Gasteiger partial charge in [-0.05, 0) is 47.0 Å². The Balaban J connectivity index is 1.23. The summed E-state index contributed by atoms with van der Waals surface area (Å²) in [5.41, 5.74) is 2.67. The van der Waals surface area contributed by atoms with Crippen molar-refractivity contribution in [2.24, 2.45) is 0 Å². The first kappa shape index (κ1) is 19.7. The van der Waals surface area contributed by atoms with E-state index in [4.69, 9.17) is 4.74 Å². The first-order valence-corrected chi connectivity index (χ1v) is 10.6. The van der Waals surface area contributed by atoms with Gasteiger partial charge in [0, 0.05) is 38.4 Å². The van der Waals surface area contributed by atoms with E-state index < -0.39 is 6.10 Å². The van der Waals surface area contributed by atoms with Crippen LogP contribution in [0.25, 0.3) is 10.8 Å². The molecule has 0 aromatic heterocycles. The first-order chi connectivity index (χ1) is 14.2. The molecule has 0 amide bonds. The smallest absolute Gasteiger partial charge is 0.120 e. The summed E-state index contributed by atoms with van der Waals surface area (Å²) < 4.78 is 5.84. The third kappa shape index (κ3) is 5.08. The number of hydrogen-bond donors (Lipinski definition) is 1. The van der Waals surface area contributed by atoms with Crippen LogP contribution in [0, 0.1) is 0 Å². The molecule has 0 bridgehead atoms. The number of piperazine rings is 1. The number of rotatable bonds is 7. The molecule has 4 rings (SSSR count). The van der Waals surface area contributed by atoms with Crippen LogP contribution in [0.5, 0.6) is 5.75 Å². The Morgan fingerprint density at radius 1 is 0.897 bits per heavy atom. The van der Waals surface area contributed by atoms with Gasteiger partial charge in [0.1, 0.15) is 18.5 Å². The summed E-state index contributed by atoms with van der Waals surface area (Å²) in [6.07, 6.45) is 0.588. The Kier molecular flexibility index (Phi) is 6.33. The van der Waals surface area contributed by atoms with Crippen LogP contribution in [0.2, 0.25) is 0 Å². The summed E-state index contributed by atoms with van der Waals surface area (Å²) in [4.78, 5) is 4.75. The monoisotopic (exact) mass is 390 g/mol. The maximum atomic E-state index is 10.4. The molecule has 4 heteroatoms. The molecule has 1 aliphatic heterocycles. The third-order valence-electron chi connectivity index (χ3n) is 5.71. The maximum absolute atomic E-state index is 10.4. The Morgan fingerprint density at radius 3 is 2.34 bits per heavy atom. The molecular formula is C25H30N2O2. The second-order valence-electron chi connectivity index (χ2n) is 7.78. The van der Waals surface area contributed by atoms with Gasteiger partial charge in [0.2, 0.25) is 0 Å². The normalized spacial score (nSPS) is 16.1. The largest absolute Gasteiger partial charge is 0.491 e. The summed E-state index contributed by atoms with van der Waals surface area (Å²) in [5.74, 6) is 0.808. The van der Waals surface area contributed by atoms with Crippen LogP contribution in [0.4, 0.5) is 5.69 Å². The Labute approximate surface area is 173 Å². The fourth-order valence-electron chi connectivity index (χ4n) is 3.93. The van der Waals surface area contributed by atoms with Crippen molar-refractivity contribution < 1.29 is 9.84 Å². The zero-order valence-corrected chi connectivity index (χ0v) is 17.1. The third-order valence-corrected chi connectivity index (χ3v) is 5.71. The predicted octanol–water partition coefficient (Wildman–Crippen LogP) is 3.96. The molecule has 1 fully saturated rings. The minimum atomic E-state index is -0.489. The molecule has 0 aliphatic carbocycles. The number of hydrogen-bond acceptors (Lipinski definition) is 4. The number of aliphatic hydroxyl groups is 1. The number of fused-ring (bicyclic) bond motifs is 1. The minimum absolute atomic E-state index is 0.317. The lowest BCUT2D eigenvalue weighted by Crippen LogP contribution is -2.49. The molecule has 0 unspecified atom stereocenters. The molecule has 29 heavy (non-hydrogen) atoms. The Morgan fingerprint density at radius 2 is 1.62 bits per heavy atom. The topological polar surface area (TPSA) is 35.9 Å². The van der Waals surface area contributed by atoms with Gasteiger partial charge in [-0.15, -0.1) is 0 Å². The van der Waals surface area contributed by atoms with Crippen molar-refractivity contribution in [2.45, 2.75) is 19.4 Å². The van der Waals surface area contributed by atoms with Crippen LogP contribution in [0.15, 0.2) is 66.7 Å². The van der Waals surface area contributed by atoms with Crippen LogP contribution < -0.4 is 9.64 Å². The number of anilines is 1. The molecule has 1 aliphatic rings. The van der Waals surface area contributed by atoms with Gasteiger partial charge < -0.3 is 14.7 Å². The van der Waals surface area contributed by atoms with Crippen molar-refractivity contribution in [1.29, 1.82) is 0 Å². The second-order valence-corrected chi connectivity index (χ2v) is 7.78. The van der Waals surface area contributed by atoms with Crippen LogP contribution in [-0.2, 0) is 6.42 Å². The fourth-order valence-corrected chi connectivity index (χ4v) is 3.93. The fraction of sp³-hybridized carbons (Fsp3) is 0.360. The molecule has 0 saturated carbocycles. The van der Waals surface area contributed by atoms with E-state index in [0.29, 0.717) is 13.2 Å². The van der Waals surface area contributed by atoms with E-state index in [1.54, 1.807) is 0 Å². The Hall–Kier alpha value is -2.56. The van der Waals surface area contributed by atoms with E-state index in [-0.39, 0.29) is 0 Å². The summed E-state index contributed by atoms with van der Waals surface area (Å²) >= 11 is 0. The maximum Gasteiger partial charge on any atom is 0.120 e. The molecule has 1 atom stereocenters. The lowest BCUT2D eigenvalue weighted by molar-refractivity contribution is 0.0663. The average Bonchev–Trinajstić information content (AvgIpc) is 2.78. The highest BCUT2D eigenvalue weighted by Gasteiger charge is 2.19. The van der Waals surface area contributed by atoms with Gasteiger partial charge in [0.15, 0.2) is 0 Å². The molecule has 1 saturated heterocycles. The van der Waals surface area contributed by atoms with Crippen molar-refractivity contribution in [3.8, 4) is 5.75 Å². The minimum Gasteiger partial charge on any atom is -0.491 e. The van der Waals surface area contributed by atoms with Gasteiger partial charge in [-0.1, -0.05) is 49.4 Å². The van der Waals surface area contributed by atoms with Crippen molar-refractivity contribution in [1.82, 2.24) is 4.90 Å². The number of aliphatic hydroxyl groups excluding tert-OH is 1. The van der Waals surface area contributed by atoms with Crippen LogP contribution in [0.1, 0.15) is 12.5 Å². The highest BCUT2D eigenvalue weighted by molar-refractivity contribution is 5.83. The van der Waals surface area contributed by atoms with Gasteiger partial charge in [-0.2, -0.15) is 0 Å². The van der Waals surface area contributed by atoms with E-state index in [9.17, 15) is 5.11 Å². The molecule has 0 radical (unpaired) electrons. The van der Waals surface area contributed by atoms with Gasteiger partial charge in [0.25, 0.3) is 0 Å². The van der Waals surface area contributed by atoms with Crippen LogP contribution >= 0.6 is 0 Å². The Bertz CT molecular complexity index is 918. The van der Waals surface area contributed by atoms with E-state index in [0.717, 1.165) is 43.7 Å². The van der Waals surface area contributed by atoms with Crippen molar-refractivity contribution in [3.63, 3.8) is 0 Å². The van der Waals surface area contributed by atoms with Crippen molar-refractivity contribution in [2.75, 3.05) is 44.2 Å². The van der Waals surface area contributed by atoms with E-state index in [1.807, 2.05) is 24.3 Å².